The Hall–Kier alpha value is -3.04. The van der Waals surface area contributed by atoms with E-state index in [2.05, 4.69) is 5.32 Å². The number of carbonyl (C=O) groups is 2. The van der Waals surface area contributed by atoms with Gasteiger partial charge in [0, 0.05) is 22.6 Å². The van der Waals surface area contributed by atoms with Gasteiger partial charge in [-0.3, -0.25) is 15.3 Å². The summed E-state index contributed by atoms with van der Waals surface area (Å²) >= 11 is 1.56. The molecule has 154 valence electrons. The average molecular weight is 420 g/mol. The molecular weight excluding hydrogens is 399 g/mol. The van der Waals surface area contributed by atoms with Crippen molar-refractivity contribution in [1.29, 1.82) is 0 Å². The number of hydrogen-bond donors (Lipinski definition) is 4. The van der Waals surface area contributed by atoms with E-state index >= 15 is 0 Å². The molecule has 29 heavy (non-hydrogen) atoms. The molecule has 0 aliphatic carbocycles. The van der Waals surface area contributed by atoms with Crippen LogP contribution in [0.15, 0.2) is 59.5 Å². The van der Waals surface area contributed by atoms with Gasteiger partial charge in [-0.15, -0.1) is 11.8 Å². The van der Waals surface area contributed by atoms with Crippen LogP contribution in [0.4, 0.5) is 14.9 Å². The number of carbonyl (C=O) groups excluding carboxylic acids is 2. The van der Waals surface area contributed by atoms with E-state index < -0.39 is 35.6 Å². The van der Waals surface area contributed by atoms with E-state index in [0.29, 0.717) is 5.69 Å². The summed E-state index contributed by atoms with van der Waals surface area (Å²) < 4.78 is 19.3. The van der Waals surface area contributed by atoms with E-state index in [-0.39, 0.29) is 5.56 Å². The molecule has 2 aromatic carbocycles. The van der Waals surface area contributed by atoms with Gasteiger partial charge < -0.3 is 9.84 Å². The summed E-state index contributed by atoms with van der Waals surface area (Å²) in [6.07, 6.45) is 2.67. The monoisotopic (exact) mass is 420 g/mol. The first kappa shape index (κ1) is 22.3. The fraction of sp³-hybridized carbons (Fsp3) is 0.200. The summed E-state index contributed by atoms with van der Waals surface area (Å²) in [4.78, 5) is 24.6. The van der Waals surface area contributed by atoms with E-state index in [1.54, 1.807) is 30.8 Å². The van der Waals surface area contributed by atoms with Crippen LogP contribution in [-0.2, 0) is 9.53 Å². The van der Waals surface area contributed by atoms with Gasteiger partial charge >= 0.3 is 6.09 Å². The second-order valence-electron chi connectivity index (χ2n) is 6.08. The maximum absolute atomic E-state index is 13.8. The zero-order valence-corrected chi connectivity index (χ0v) is 16.6. The van der Waals surface area contributed by atoms with Crippen molar-refractivity contribution in [3.05, 3.63) is 66.0 Å². The second kappa shape index (κ2) is 10.5. The third kappa shape index (κ3) is 6.51. The third-order valence-corrected chi connectivity index (χ3v) is 4.75. The molecule has 0 spiro atoms. The first-order valence-electron chi connectivity index (χ1n) is 8.56. The van der Waals surface area contributed by atoms with Crippen LogP contribution >= 0.6 is 11.8 Å². The first-order chi connectivity index (χ1) is 13.8. The minimum absolute atomic E-state index is 0.287. The lowest BCUT2D eigenvalue weighted by atomic mass is 9.96. The molecule has 4 N–H and O–H groups in total. The van der Waals surface area contributed by atoms with Crippen LogP contribution in [0.2, 0.25) is 0 Å². The number of phenolic OH excluding ortho intramolecular Hbond substituents is 1. The van der Waals surface area contributed by atoms with E-state index in [1.165, 1.54) is 17.6 Å². The molecule has 0 aliphatic rings. The van der Waals surface area contributed by atoms with E-state index in [9.17, 15) is 19.1 Å². The first-order valence-corrected chi connectivity index (χ1v) is 9.79. The Morgan fingerprint density at radius 2 is 1.90 bits per heavy atom. The highest BCUT2D eigenvalue weighted by Crippen LogP contribution is 2.30. The normalized spacial score (nSPS) is 13.0. The average Bonchev–Trinajstić information content (AvgIpc) is 2.72. The number of aromatic hydroxyl groups is 1. The molecule has 0 saturated carbocycles. The fourth-order valence-electron chi connectivity index (χ4n) is 2.49. The molecule has 2 atom stereocenters. The molecule has 2 aromatic rings. The molecule has 0 fully saturated rings. The largest absolute Gasteiger partial charge is 0.505 e. The number of anilines is 1. The van der Waals surface area contributed by atoms with Gasteiger partial charge in [-0.25, -0.2) is 14.7 Å². The minimum Gasteiger partial charge on any atom is -0.505 e. The van der Waals surface area contributed by atoms with Crippen LogP contribution in [0.5, 0.6) is 5.75 Å². The number of halogens is 1. The van der Waals surface area contributed by atoms with Crippen LogP contribution in [0.3, 0.4) is 0 Å². The smallest absolute Gasteiger partial charge is 0.412 e. The molecular formula is C20H21FN2O5S. The molecule has 0 radical (unpaired) electrons. The van der Waals surface area contributed by atoms with Crippen LogP contribution < -0.4 is 10.8 Å². The number of thioether (sulfide) groups is 1. The van der Waals surface area contributed by atoms with Crippen molar-refractivity contribution in [2.24, 2.45) is 5.92 Å². The highest BCUT2D eigenvalue weighted by Gasteiger charge is 2.23. The fourth-order valence-corrected chi connectivity index (χ4v) is 2.90. The lowest BCUT2D eigenvalue weighted by molar-refractivity contribution is -0.124. The Morgan fingerprint density at radius 3 is 2.48 bits per heavy atom. The maximum Gasteiger partial charge on any atom is 0.412 e. The van der Waals surface area contributed by atoms with Gasteiger partial charge in [0.15, 0.2) is 11.6 Å². The second-order valence-corrected chi connectivity index (χ2v) is 6.96. The number of benzene rings is 2. The molecule has 9 heteroatoms. The molecule has 0 saturated heterocycles. The van der Waals surface area contributed by atoms with Crippen molar-refractivity contribution in [3.63, 3.8) is 0 Å². The van der Waals surface area contributed by atoms with Gasteiger partial charge in [-0.1, -0.05) is 19.1 Å². The van der Waals surface area contributed by atoms with Crippen LogP contribution in [0.25, 0.3) is 0 Å². The Bertz CT molecular complexity index is 889. The third-order valence-electron chi connectivity index (χ3n) is 4.01. The van der Waals surface area contributed by atoms with E-state index in [0.717, 1.165) is 23.1 Å². The van der Waals surface area contributed by atoms with Gasteiger partial charge in [-0.2, -0.15) is 0 Å². The molecule has 0 bridgehead atoms. The Kier molecular flexibility index (Phi) is 8.05. The molecule has 0 heterocycles. The molecule has 0 unspecified atom stereocenters. The molecule has 2 rings (SSSR count). The summed E-state index contributed by atoms with van der Waals surface area (Å²) in [6, 6.07) is 10.7. The van der Waals surface area contributed by atoms with Gasteiger partial charge in [-0.05, 0) is 48.2 Å². The minimum atomic E-state index is -0.960. The number of nitrogens with one attached hydrogen (secondary N) is 2. The highest BCUT2D eigenvalue weighted by atomic mass is 32.2. The zero-order chi connectivity index (χ0) is 21.4. The van der Waals surface area contributed by atoms with Crippen LogP contribution in [-0.4, -0.2) is 28.6 Å². The summed E-state index contributed by atoms with van der Waals surface area (Å²) in [5, 5.41) is 20.6. The predicted molar refractivity (Wildman–Crippen MR) is 107 cm³/mol. The topological polar surface area (TPSA) is 108 Å². The van der Waals surface area contributed by atoms with Crippen LogP contribution in [0.1, 0.15) is 18.6 Å². The van der Waals surface area contributed by atoms with Gasteiger partial charge in [0.2, 0.25) is 0 Å². The Labute approximate surface area is 171 Å². The molecule has 0 aromatic heterocycles. The lowest BCUT2D eigenvalue weighted by Crippen LogP contribution is -2.22. The van der Waals surface area contributed by atoms with E-state index in [4.69, 9.17) is 9.94 Å². The number of hydroxylamine groups is 1. The van der Waals surface area contributed by atoms with Gasteiger partial charge in [0.1, 0.15) is 6.10 Å². The van der Waals surface area contributed by atoms with Crippen molar-refractivity contribution >= 4 is 29.4 Å². The van der Waals surface area contributed by atoms with Crippen molar-refractivity contribution in [3.8, 4) is 5.75 Å². The number of phenols is 1. The predicted octanol–water partition coefficient (Wildman–Crippen LogP) is 4.24. The zero-order valence-electron chi connectivity index (χ0n) is 15.8. The highest BCUT2D eigenvalue weighted by molar-refractivity contribution is 7.98. The quantitative estimate of drug-likeness (QED) is 0.231. The molecule has 2 amide bonds. The van der Waals surface area contributed by atoms with Gasteiger partial charge in [0.05, 0.1) is 0 Å². The summed E-state index contributed by atoms with van der Waals surface area (Å²) in [6.45, 7) is 1.65. The van der Waals surface area contributed by atoms with E-state index in [1.807, 2.05) is 18.4 Å². The number of rotatable bonds is 7. The standard InChI is InChI=1S/C20H21FN2O5S/c1-12(3-10-18(25)23-27)19(13-4-9-17(24)16(21)11-13)28-20(26)22-14-5-7-15(29-2)8-6-14/h3-12,19,24,27H,1-2H3,(H,22,26)(H,23,25)/b10-3+/t12-,19-/m0/s1. The summed E-state index contributed by atoms with van der Waals surface area (Å²) in [5.41, 5.74) is 2.26. The maximum atomic E-state index is 13.8. The number of amides is 2. The van der Waals surface area contributed by atoms with Gasteiger partial charge in [0.25, 0.3) is 5.91 Å². The summed E-state index contributed by atoms with van der Waals surface area (Å²) in [5.74, 6) is -2.71. The number of hydrogen-bond acceptors (Lipinski definition) is 6. The molecule has 7 nitrogen and oxygen atoms in total. The summed E-state index contributed by atoms with van der Waals surface area (Å²) in [7, 11) is 0. The van der Waals surface area contributed by atoms with Crippen molar-refractivity contribution in [1.82, 2.24) is 5.48 Å². The number of ether oxygens (including phenoxy) is 1. The Morgan fingerprint density at radius 1 is 1.21 bits per heavy atom. The van der Waals surface area contributed by atoms with Crippen molar-refractivity contribution in [2.75, 3.05) is 11.6 Å². The van der Waals surface area contributed by atoms with Crippen molar-refractivity contribution < 1.29 is 29.0 Å². The van der Waals surface area contributed by atoms with Crippen LogP contribution in [0, 0.1) is 11.7 Å². The Balaban J connectivity index is 2.20. The van der Waals surface area contributed by atoms with Crippen molar-refractivity contribution in [2.45, 2.75) is 17.9 Å². The molecule has 0 aliphatic heterocycles. The SMILES string of the molecule is CSc1ccc(NC(=O)O[C@H](c2ccc(O)c(F)c2)[C@@H](C)/C=C/C(=O)NO)cc1. The lowest BCUT2D eigenvalue weighted by Gasteiger charge is -2.23.